The predicted octanol–water partition coefficient (Wildman–Crippen LogP) is 5.96. The van der Waals surface area contributed by atoms with Gasteiger partial charge in [0, 0.05) is 73.5 Å². The van der Waals surface area contributed by atoms with Crippen LogP contribution >= 0.6 is 35.6 Å². The lowest BCUT2D eigenvalue weighted by atomic mass is 10.0. The third-order valence-corrected chi connectivity index (χ3v) is 9.63. The molecule has 4 heterocycles. The standard InChI is InChI=1S/C20H29ClN2O3.C15H21ClN2O.ClH/c1-20(2,3)26-19(24)23-14-18(22-8-10-25-11-9-22)13-17(23)12-15-4-6-16(21)7-5-15;16-13-3-1-12(2-4-13)9-14-10-15(11-17-14)18-5-7-19-8-6-18;/h4-7,17-18H,8-14H2,1-3H3;1-4,14-15,17H,5-11H2;1H/t17-,18+;14-,15+;/m00./s1. The minimum absolute atomic E-state index is 0. The Labute approximate surface area is 291 Å². The van der Waals surface area contributed by atoms with Crippen LogP contribution in [0.4, 0.5) is 4.79 Å². The molecule has 1 N–H and O–H groups in total. The van der Waals surface area contributed by atoms with Crippen LogP contribution in [0.3, 0.4) is 0 Å². The van der Waals surface area contributed by atoms with E-state index < -0.39 is 5.60 Å². The number of rotatable bonds is 6. The molecule has 8 nitrogen and oxygen atoms in total. The van der Waals surface area contributed by atoms with Gasteiger partial charge in [0.15, 0.2) is 0 Å². The Balaban J connectivity index is 0.000000213. The third-order valence-electron chi connectivity index (χ3n) is 9.12. The lowest BCUT2D eigenvalue weighted by Crippen LogP contribution is -2.45. The topological polar surface area (TPSA) is 66.5 Å². The molecule has 0 unspecified atom stereocenters. The Bertz CT molecular complexity index is 1200. The van der Waals surface area contributed by atoms with Crippen molar-refractivity contribution in [2.75, 3.05) is 65.7 Å². The van der Waals surface area contributed by atoms with Gasteiger partial charge >= 0.3 is 6.09 Å². The van der Waals surface area contributed by atoms with Crippen LogP contribution in [0.5, 0.6) is 0 Å². The van der Waals surface area contributed by atoms with Crippen molar-refractivity contribution in [3.8, 4) is 0 Å². The second-order valence-electron chi connectivity index (χ2n) is 13.6. The largest absolute Gasteiger partial charge is 0.444 e. The van der Waals surface area contributed by atoms with E-state index in [0.717, 1.165) is 88.5 Å². The van der Waals surface area contributed by atoms with E-state index in [1.54, 1.807) is 0 Å². The third kappa shape index (κ3) is 11.2. The zero-order valence-electron chi connectivity index (χ0n) is 27.5. The summed E-state index contributed by atoms with van der Waals surface area (Å²) < 4.78 is 16.6. The maximum Gasteiger partial charge on any atom is 0.410 e. The normalized spacial score (nSPS) is 25.8. The number of nitrogens with zero attached hydrogens (tertiary/aromatic N) is 3. The summed E-state index contributed by atoms with van der Waals surface area (Å²) >= 11 is 11.9. The number of ether oxygens (including phenoxy) is 3. The smallest absolute Gasteiger partial charge is 0.410 e. The van der Waals surface area contributed by atoms with E-state index >= 15 is 0 Å². The fourth-order valence-electron chi connectivity index (χ4n) is 6.81. The molecule has 11 heteroatoms. The highest BCUT2D eigenvalue weighted by Crippen LogP contribution is 2.28. The van der Waals surface area contributed by atoms with Crippen LogP contribution in [-0.4, -0.2) is 116 Å². The number of hydrogen-bond acceptors (Lipinski definition) is 7. The molecule has 0 radical (unpaired) electrons. The summed E-state index contributed by atoms with van der Waals surface area (Å²) in [5.41, 5.74) is 2.07. The Kier molecular flexibility index (Phi) is 14.3. The molecule has 2 aromatic carbocycles. The second kappa shape index (κ2) is 17.7. The van der Waals surface area contributed by atoms with Crippen molar-refractivity contribution in [2.24, 2.45) is 0 Å². The van der Waals surface area contributed by atoms with E-state index in [-0.39, 0.29) is 24.5 Å². The quantitative estimate of drug-likeness (QED) is 0.400. The minimum atomic E-state index is -0.487. The second-order valence-corrected chi connectivity index (χ2v) is 14.5. The summed E-state index contributed by atoms with van der Waals surface area (Å²) in [5, 5.41) is 5.20. The number of halogens is 3. The molecule has 1 amide bonds. The Hall–Kier alpha value is -1.62. The number of nitrogens with one attached hydrogen (secondary N) is 1. The van der Waals surface area contributed by atoms with Gasteiger partial charge in [-0.3, -0.25) is 9.80 Å². The Morgan fingerprint density at radius 3 is 1.83 bits per heavy atom. The van der Waals surface area contributed by atoms with Gasteiger partial charge in [-0.2, -0.15) is 0 Å². The molecule has 2 aromatic rings. The summed E-state index contributed by atoms with van der Waals surface area (Å²) in [6.07, 6.45) is 3.90. The lowest BCUT2D eigenvalue weighted by Gasteiger charge is -2.32. The molecule has 6 rings (SSSR count). The first kappa shape index (κ1) is 37.2. The van der Waals surface area contributed by atoms with Gasteiger partial charge in [-0.25, -0.2) is 4.79 Å². The Morgan fingerprint density at radius 2 is 1.30 bits per heavy atom. The highest BCUT2D eigenvalue weighted by Gasteiger charge is 2.40. The fourth-order valence-corrected chi connectivity index (χ4v) is 7.06. The molecule has 4 aliphatic heterocycles. The predicted molar refractivity (Wildman–Crippen MR) is 188 cm³/mol. The number of morpholine rings is 2. The highest BCUT2D eigenvalue weighted by molar-refractivity contribution is 6.30. The molecule has 0 aliphatic carbocycles. The molecule has 4 saturated heterocycles. The zero-order chi connectivity index (χ0) is 31.8. The molecule has 4 atom stereocenters. The molecule has 0 bridgehead atoms. The molecule has 4 aliphatic rings. The fraction of sp³-hybridized carbons (Fsp3) is 0.629. The van der Waals surface area contributed by atoms with E-state index in [9.17, 15) is 4.79 Å². The molecule has 256 valence electrons. The first-order chi connectivity index (χ1) is 21.6. The minimum Gasteiger partial charge on any atom is -0.444 e. The lowest BCUT2D eigenvalue weighted by molar-refractivity contribution is 0.0118. The number of carbonyl (C=O) groups is 1. The molecule has 0 aromatic heterocycles. The molecular weight excluding hydrogens is 647 g/mol. The number of likely N-dealkylation sites (tertiary alicyclic amines) is 1. The van der Waals surface area contributed by atoms with Crippen molar-refractivity contribution in [3.63, 3.8) is 0 Å². The van der Waals surface area contributed by atoms with Crippen molar-refractivity contribution in [3.05, 3.63) is 69.7 Å². The van der Waals surface area contributed by atoms with Gasteiger partial charge in [0.25, 0.3) is 0 Å². The van der Waals surface area contributed by atoms with Crippen LogP contribution in [-0.2, 0) is 27.1 Å². The van der Waals surface area contributed by atoms with Gasteiger partial charge in [0.1, 0.15) is 5.60 Å². The summed E-state index contributed by atoms with van der Waals surface area (Å²) in [6, 6.07) is 17.9. The summed E-state index contributed by atoms with van der Waals surface area (Å²) in [7, 11) is 0. The van der Waals surface area contributed by atoms with Crippen LogP contribution in [0.25, 0.3) is 0 Å². The van der Waals surface area contributed by atoms with Crippen molar-refractivity contribution in [1.82, 2.24) is 20.0 Å². The average Bonchev–Trinajstić information content (AvgIpc) is 3.68. The maximum absolute atomic E-state index is 12.8. The van der Waals surface area contributed by atoms with Gasteiger partial charge in [-0.1, -0.05) is 47.5 Å². The van der Waals surface area contributed by atoms with E-state index in [0.29, 0.717) is 24.7 Å². The van der Waals surface area contributed by atoms with Crippen molar-refractivity contribution in [2.45, 2.75) is 76.2 Å². The van der Waals surface area contributed by atoms with Gasteiger partial charge in [-0.05, 0) is 81.8 Å². The molecular formula is C35H51Cl3N4O4. The van der Waals surface area contributed by atoms with Gasteiger partial charge in [0.05, 0.1) is 26.4 Å². The van der Waals surface area contributed by atoms with Gasteiger partial charge in [0.2, 0.25) is 0 Å². The maximum atomic E-state index is 12.8. The number of benzene rings is 2. The number of amides is 1. The molecule has 0 spiro atoms. The Morgan fingerprint density at radius 1 is 0.804 bits per heavy atom. The highest BCUT2D eigenvalue weighted by atomic mass is 35.5. The average molecular weight is 698 g/mol. The van der Waals surface area contributed by atoms with E-state index in [1.165, 1.54) is 17.5 Å². The van der Waals surface area contributed by atoms with Crippen LogP contribution in [0.15, 0.2) is 48.5 Å². The van der Waals surface area contributed by atoms with E-state index in [2.05, 4.69) is 27.2 Å². The first-order valence-electron chi connectivity index (χ1n) is 16.5. The van der Waals surface area contributed by atoms with Crippen molar-refractivity contribution in [1.29, 1.82) is 0 Å². The summed E-state index contributed by atoms with van der Waals surface area (Å²) in [5.74, 6) is 0. The first-order valence-corrected chi connectivity index (χ1v) is 17.2. The molecule has 4 fully saturated rings. The van der Waals surface area contributed by atoms with Crippen molar-refractivity contribution < 1.29 is 19.0 Å². The zero-order valence-corrected chi connectivity index (χ0v) is 29.8. The van der Waals surface area contributed by atoms with Crippen LogP contribution in [0.2, 0.25) is 10.0 Å². The SMILES string of the molecule is CC(C)(C)OC(=O)N1C[C@H](N2CCOCC2)C[C@@H]1Cc1ccc(Cl)cc1.Cl.Clc1ccc(C[C@H]2C[C@@H](N3CCOCC3)CN2)cc1. The van der Waals surface area contributed by atoms with Crippen LogP contribution in [0, 0.1) is 0 Å². The molecule has 46 heavy (non-hydrogen) atoms. The molecule has 0 saturated carbocycles. The van der Waals surface area contributed by atoms with E-state index in [1.807, 2.05) is 62.1 Å². The van der Waals surface area contributed by atoms with Crippen LogP contribution < -0.4 is 5.32 Å². The van der Waals surface area contributed by atoms with Gasteiger partial charge in [-0.15, -0.1) is 12.4 Å². The summed E-state index contributed by atoms with van der Waals surface area (Å²) in [6.45, 7) is 14.9. The monoisotopic (exact) mass is 696 g/mol. The van der Waals surface area contributed by atoms with Crippen molar-refractivity contribution >= 4 is 41.7 Å². The summed E-state index contributed by atoms with van der Waals surface area (Å²) in [4.78, 5) is 19.7. The van der Waals surface area contributed by atoms with E-state index in [4.69, 9.17) is 37.4 Å². The van der Waals surface area contributed by atoms with Gasteiger partial charge < -0.3 is 24.4 Å². The number of carbonyl (C=O) groups excluding carboxylic acids is 1. The van der Waals surface area contributed by atoms with Crippen LogP contribution in [0.1, 0.15) is 44.7 Å². The number of hydrogen-bond donors (Lipinski definition) is 1.